The highest BCUT2D eigenvalue weighted by Gasteiger charge is 2.21. The van der Waals surface area contributed by atoms with Crippen molar-refractivity contribution in [3.05, 3.63) is 46.1 Å². The second-order valence-electron chi connectivity index (χ2n) is 5.13. The van der Waals surface area contributed by atoms with Gasteiger partial charge in [-0.15, -0.1) is 0 Å². The van der Waals surface area contributed by atoms with E-state index in [2.05, 4.69) is 5.32 Å². The summed E-state index contributed by atoms with van der Waals surface area (Å²) < 4.78 is 10.6. The van der Waals surface area contributed by atoms with Crippen LogP contribution >= 0.6 is 23.2 Å². The first-order valence-electron chi connectivity index (χ1n) is 7.46. The number of furan rings is 1. The quantitative estimate of drug-likeness (QED) is 0.769. The van der Waals surface area contributed by atoms with Crippen LogP contribution in [0.2, 0.25) is 10.0 Å². The predicted octanol–water partition coefficient (Wildman–Crippen LogP) is 4.32. The summed E-state index contributed by atoms with van der Waals surface area (Å²) in [6.07, 6.45) is -0.110. The van der Waals surface area contributed by atoms with Crippen molar-refractivity contribution in [2.45, 2.75) is 26.4 Å². The average molecular weight is 370 g/mol. The van der Waals surface area contributed by atoms with Gasteiger partial charge >= 0.3 is 5.97 Å². The molecule has 0 aliphatic rings. The molecule has 1 aromatic heterocycles. The van der Waals surface area contributed by atoms with Gasteiger partial charge in [-0.2, -0.15) is 0 Å². The molecule has 128 valence electrons. The number of ether oxygens (including phenoxy) is 1. The standard InChI is InChI=1S/C17H17Cl2NO4/c1-3-8-20-16(21)10(2)23-17(22)15-7-6-14(24-15)12-9-11(18)4-5-13(12)19/h4-7,9-10H,3,8H2,1-2H3,(H,20,21)/t10-/m0/s1. The van der Waals surface area contributed by atoms with E-state index < -0.39 is 12.1 Å². The molecule has 0 bridgehead atoms. The van der Waals surface area contributed by atoms with Gasteiger partial charge in [0.25, 0.3) is 5.91 Å². The molecule has 0 saturated heterocycles. The third-order valence-electron chi connectivity index (χ3n) is 3.20. The van der Waals surface area contributed by atoms with Crippen molar-refractivity contribution < 1.29 is 18.7 Å². The molecule has 1 N–H and O–H groups in total. The summed E-state index contributed by atoms with van der Waals surface area (Å²) >= 11 is 12.1. The lowest BCUT2D eigenvalue weighted by Gasteiger charge is -2.12. The minimum absolute atomic E-state index is 0.0174. The highest BCUT2D eigenvalue weighted by Crippen LogP contribution is 2.32. The molecule has 1 amide bonds. The number of carbonyl (C=O) groups is 2. The van der Waals surface area contributed by atoms with Gasteiger partial charge in [-0.1, -0.05) is 30.1 Å². The number of benzene rings is 1. The van der Waals surface area contributed by atoms with Crippen LogP contribution in [-0.2, 0) is 9.53 Å². The smallest absolute Gasteiger partial charge is 0.375 e. The van der Waals surface area contributed by atoms with E-state index in [-0.39, 0.29) is 11.7 Å². The minimum atomic E-state index is -0.910. The first-order valence-corrected chi connectivity index (χ1v) is 8.22. The monoisotopic (exact) mass is 369 g/mol. The van der Waals surface area contributed by atoms with Gasteiger partial charge in [0, 0.05) is 17.1 Å². The van der Waals surface area contributed by atoms with Gasteiger partial charge in [0.15, 0.2) is 6.10 Å². The van der Waals surface area contributed by atoms with Gasteiger partial charge < -0.3 is 14.5 Å². The van der Waals surface area contributed by atoms with Crippen molar-refractivity contribution >= 4 is 35.1 Å². The summed E-state index contributed by atoms with van der Waals surface area (Å²) in [4.78, 5) is 23.8. The lowest BCUT2D eigenvalue weighted by atomic mass is 10.2. The van der Waals surface area contributed by atoms with Crippen molar-refractivity contribution in [2.24, 2.45) is 0 Å². The van der Waals surface area contributed by atoms with Crippen LogP contribution in [0.25, 0.3) is 11.3 Å². The van der Waals surface area contributed by atoms with Gasteiger partial charge in [0.2, 0.25) is 5.76 Å². The second-order valence-corrected chi connectivity index (χ2v) is 5.97. The number of nitrogens with one attached hydrogen (secondary N) is 1. The Balaban J connectivity index is 2.08. The van der Waals surface area contributed by atoms with E-state index in [9.17, 15) is 9.59 Å². The minimum Gasteiger partial charge on any atom is -0.449 e. The van der Waals surface area contributed by atoms with E-state index in [1.807, 2.05) is 6.92 Å². The lowest BCUT2D eigenvalue weighted by molar-refractivity contribution is -0.129. The van der Waals surface area contributed by atoms with Crippen LogP contribution in [0.15, 0.2) is 34.7 Å². The van der Waals surface area contributed by atoms with Gasteiger partial charge in [-0.05, 0) is 43.7 Å². The molecule has 7 heteroatoms. The zero-order valence-electron chi connectivity index (χ0n) is 13.3. The van der Waals surface area contributed by atoms with Crippen molar-refractivity contribution in [3.63, 3.8) is 0 Å². The van der Waals surface area contributed by atoms with Crippen molar-refractivity contribution in [1.82, 2.24) is 5.32 Å². The molecule has 0 spiro atoms. The third kappa shape index (κ3) is 4.52. The van der Waals surface area contributed by atoms with E-state index in [1.54, 1.807) is 24.3 Å². The zero-order chi connectivity index (χ0) is 17.7. The van der Waals surface area contributed by atoms with Crippen LogP contribution in [-0.4, -0.2) is 24.5 Å². The summed E-state index contributed by atoms with van der Waals surface area (Å²) in [5.74, 6) is -0.706. The van der Waals surface area contributed by atoms with E-state index in [0.717, 1.165) is 6.42 Å². The van der Waals surface area contributed by atoms with Crippen molar-refractivity contribution in [2.75, 3.05) is 6.54 Å². The van der Waals surface area contributed by atoms with Crippen LogP contribution in [0.3, 0.4) is 0 Å². The van der Waals surface area contributed by atoms with Crippen molar-refractivity contribution in [3.8, 4) is 11.3 Å². The Bertz CT molecular complexity index is 742. The number of amides is 1. The SMILES string of the molecule is CCCNC(=O)[C@H](C)OC(=O)c1ccc(-c2cc(Cl)ccc2Cl)o1. The molecule has 24 heavy (non-hydrogen) atoms. The predicted molar refractivity (Wildman–Crippen MR) is 92.3 cm³/mol. The van der Waals surface area contributed by atoms with Gasteiger partial charge in [-0.3, -0.25) is 4.79 Å². The highest BCUT2D eigenvalue weighted by molar-refractivity contribution is 6.35. The lowest BCUT2D eigenvalue weighted by Crippen LogP contribution is -2.36. The highest BCUT2D eigenvalue weighted by atomic mass is 35.5. The van der Waals surface area contributed by atoms with Crippen LogP contribution in [0.1, 0.15) is 30.8 Å². The normalized spacial score (nSPS) is 11.8. The first-order chi connectivity index (χ1) is 11.4. The summed E-state index contributed by atoms with van der Waals surface area (Å²) in [7, 11) is 0. The maximum atomic E-state index is 12.1. The molecule has 1 atom stereocenters. The Morgan fingerprint density at radius 3 is 2.71 bits per heavy atom. The summed E-state index contributed by atoms with van der Waals surface area (Å²) in [5.41, 5.74) is 0.567. The Kier molecular flexibility index (Phi) is 6.29. The molecule has 1 aromatic carbocycles. The molecule has 1 heterocycles. The zero-order valence-corrected chi connectivity index (χ0v) is 14.8. The summed E-state index contributed by atoms with van der Waals surface area (Å²) in [6, 6.07) is 7.99. The number of rotatable bonds is 6. The maximum absolute atomic E-state index is 12.1. The number of hydrogen-bond acceptors (Lipinski definition) is 4. The topological polar surface area (TPSA) is 68.5 Å². The molecule has 0 radical (unpaired) electrons. The molecule has 0 unspecified atom stereocenters. The van der Waals surface area contributed by atoms with E-state index in [4.69, 9.17) is 32.4 Å². The Morgan fingerprint density at radius 1 is 1.25 bits per heavy atom. The Morgan fingerprint density at radius 2 is 2.00 bits per heavy atom. The van der Waals surface area contributed by atoms with Crippen LogP contribution in [0, 0.1) is 0 Å². The molecule has 5 nitrogen and oxygen atoms in total. The maximum Gasteiger partial charge on any atom is 0.375 e. The number of halogens is 2. The van der Waals surface area contributed by atoms with Crippen LogP contribution in [0.5, 0.6) is 0 Å². The molecular weight excluding hydrogens is 353 g/mol. The van der Waals surface area contributed by atoms with Gasteiger partial charge in [0.05, 0.1) is 5.02 Å². The van der Waals surface area contributed by atoms with Gasteiger partial charge in [0.1, 0.15) is 5.76 Å². The number of carbonyl (C=O) groups excluding carboxylic acids is 2. The fourth-order valence-electron chi connectivity index (χ4n) is 1.94. The third-order valence-corrected chi connectivity index (χ3v) is 3.77. The van der Waals surface area contributed by atoms with Crippen molar-refractivity contribution in [1.29, 1.82) is 0 Å². The van der Waals surface area contributed by atoms with E-state index in [1.165, 1.54) is 13.0 Å². The summed E-state index contributed by atoms with van der Waals surface area (Å²) in [5, 5.41) is 3.60. The molecule has 0 aliphatic heterocycles. The molecular formula is C17H17Cl2NO4. The largest absolute Gasteiger partial charge is 0.449 e. The van der Waals surface area contributed by atoms with E-state index >= 15 is 0 Å². The van der Waals surface area contributed by atoms with Crippen LogP contribution < -0.4 is 5.32 Å². The fraction of sp³-hybridized carbons (Fsp3) is 0.294. The van der Waals surface area contributed by atoms with Gasteiger partial charge in [-0.25, -0.2) is 4.79 Å². The number of esters is 1. The molecule has 0 aliphatic carbocycles. The Hall–Kier alpha value is -1.98. The molecule has 0 fully saturated rings. The van der Waals surface area contributed by atoms with Crippen LogP contribution in [0.4, 0.5) is 0 Å². The number of hydrogen-bond donors (Lipinski definition) is 1. The first kappa shape index (κ1) is 18.4. The summed E-state index contributed by atoms with van der Waals surface area (Å²) in [6.45, 7) is 3.96. The molecule has 2 rings (SSSR count). The molecule has 2 aromatic rings. The average Bonchev–Trinajstić information content (AvgIpc) is 3.04. The second kappa shape index (κ2) is 8.22. The van der Waals surface area contributed by atoms with E-state index in [0.29, 0.717) is 27.9 Å². The molecule has 0 saturated carbocycles. The fourth-order valence-corrected chi connectivity index (χ4v) is 2.33. The Labute approximate surface area is 149 Å².